The van der Waals surface area contributed by atoms with Crippen LogP contribution in [0, 0.1) is 13.8 Å². The summed E-state index contributed by atoms with van der Waals surface area (Å²) in [4.78, 5) is 0. The van der Waals surface area contributed by atoms with E-state index in [2.05, 4.69) is 0 Å². The second-order valence-corrected chi connectivity index (χ2v) is 5.75. The third-order valence-electron chi connectivity index (χ3n) is 4.31. The summed E-state index contributed by atoms with van der Waals surface area (Å²) in [6.45, 7) is 3.91. The van der Waals surface area contributed by atoms with Crippen molar-refractivity contribution in [2.45, 2.75) is 57.7 Å². The van der Waals surface area contributed by atoms with Crippen LogP contribution in [-0.2, 0) is 0 Å². The Morgan fingerprint density at radius 3 is 2.32 bits per heavy atom. The molecule has 1 aromatic rings. The predicted molar refractivity (Wildman–Crippen MR) is 75.5 cm³/mol. The molecule has 0 bridgehead atoms. The monoisotopic (exact) mass is 264 g/mol. The largest absolute Gasteiger partial charge is 0.496 e. The maximum Gasteiger partial charge on any atom is 0.122 e. The van der Waals surface area contributed by atoms with Crippen LogP contribution < -0.4 is 4.74 Å². The molecule has 0 spiro atoms. The van der Waals surface area contributed by atoms with Crippen LogP contribution >= 0.6 is 0 Å². The van der Waals surface area contributed by atoms with Crippen molar-refractivity contribution in [1.29, 1.82) is 0 Å². The van der Waals surface area contributed by atoms with Gasteiger partial charge in [0.05, 0.1) is 12.7 Å². The second-order valence-electron chi connectivity index (χ2n) is 5.75. The molecule has 3 heteroatoms. The maximum absolute atomic E-state index is 10.7. The van der Waals surface area contributed by atoms with E-state index in [4.69, 9.17) is 4.74 Å². The van der Waals surface area contributed by atoms with E-state index in [1.54, 1.807) is 7.11 Å². The lowest BCUT2D eigenvalue weighted by Crippen LogP contribution is -2.38. The van der Waals surface area contributed by atoms with E-state index in [-0.39, 0.29) is 0 Å². The third kappa shape index (κ3) is 2.77. The molecule has 0 aliphatic heterocycles. The van der Waals surface area contributed by atoms with Gasteiger partial charge in [-0.15, -0.1) is 0 Å². The fourth-order valence-corrected chi connectivity index (χ4v) is 3.05. The minimum Gasteiger partial charge on any atom is -0.496 e. The molecule has 1 fully saturated rings. The van der Waals surface area contributed by atoms with Gasteiger partial charge in [0.2, 0.25) is 0 Å². The van der Waals surface area contributed by atoms with Crippen LogP contribution in [0.3, 0.4) is 0 Å². The SMILES string of the molecule is COc1cc(C)c(C(O)C2(O)CCCCC2)cc1C. The molecule has 1 saturated carbocycles. The normalized spacial score (nSPS) is 20.1. The lowest BCUT2D eigenvalue weighted by Gasteiger charge is -2.37. The number of benzene rings is 1. The molecular weight excluding hydrogens is 240 g/mol. The van der Waals surface area contributed by atoms with Gasteiger partial charge in [0.15, 0.2) is 0 Å². The summed E-state index contributed by atoms with van der Waals surface area (Å²) < 4.78 is 5.29. The van der Waals surface area contributed by atoms with Gasteiger partial charge in [-0.05, 0) is 55.5 Å². The number of aliphatic hydroxyl groups excluding tert-OH is 1. The zero-order valence-electron chi connectivity index (χ0n) is 12.1. The molecule has 0 heterocycles. The van der Waals surface area contributed by atoms with Crippen LogP contribution in [0.15, 0.2) is 12.1 Å². The molecule has 0 aromatic heterocycles. The topological polar surface area (TPSA) is 49.7 Å². The number of ether oxygens (including phenoxy) is 1. The van der Waals surface area contributed by atoms with Gasteiger partial charge in [0.25, 0.3) is 0 Å². The smallest absolute Gasteiger partial charge is 0.122 e. The van der Waals surface area contributed by atoms with Crippen molar-refractivity contribution in [3.8, 4) is 5.75 Å². The zero-order chi connectivity index (χ0) is 14.0. The highest BCUT2D eigenvalue weighted by molar-refractivity contribution is 5.43. The van der Waals surface area contributed by atoms with E-state index in [9.17, 15) is 10.2 Å². The summed E-state index contributed by atoms with van der Waals surface area (Å²) in [7, 11) is 1.65. The number of methoxy groups -OCH3 is 1. The Hall–Kier alpha value is -1.06. The van der Waals surface area contributed by atoms with Crippen LogP contribution in [0.5, 0.6) is 5.75 Å². The average Bonchev–Trinajstić information content (AvgIpc) is 2.41. The van der Waals surface area contributed by atoms with E-state index < -0.39 is 11.7 Å². The molecule has 19 heavy (non-hydrogen) atoms. The highest BCUT2D eigenvalue weighted by atomic mass is 16.5. The Morgan fingerprint density at radius 1 is 1.11 bits per heavy atom. The summed E-state index contributed by atoms with van der Waals surface area (Å²) in [5.41, 5.74) is 1.81. The van der Waals surface area contributed by atoms with Gasteiger partial charge in [-0.3, -0.25) is 0 Å². The predicted octanol–water partition coefficient (Wildman–Crippen LogP) is 3.04. The molecule has 1 unspecified atom stereocenters. The molecule has 0 radical (unpaired) electrons. The summed E-state index contributed by atoms with van der Waals surface area (Å²) in [6.07, 6.45) is 3.67. The first-order chi connectivity index (χ1) is 8.98. The fraction of sp³-hybridized carbons (Fsp3) is 0.625. The van der Waals surface area contributed by atoms with Gasteiger partial charge in [-0.1, -0.05) is 19.3 Å². The summed E-state index contributed by atoms with van der Waals surface area (Å²) >= 11 is 0. The number of rotatable bonds is 3. The summed E-state index contributed by atoms with van der Waals surface area (Å²) in [5.74, 6) is 0.823. The molecule has 2 rings (SSSR count). The molecular formula is C16H24O3. The van der Waals surface area contributed by atoms with Crippen molar-refractivity contribution in [1.82, 2.24) is 0 Å². The molecule has 0 amide bonds. The van der Waals surface area contributed by atoms with Crippen molar-refractivity contribution in [2.75, 3.05) is 7.11 Å². The standard InChI is InChI=1S/C16H24O3/c1-11-10-14(19-3)12(2)9-13(11)15(17)16(18)7-5-4-6-8-16/h9-10,15,17-18H,4-8H2,1-3H3. The molecule has 2 N–H and O–H groups in total. The molecule has 1 atom stereocenters. The molecule has 3 nitrogen and oxygen atoms in total. The van der Waals surface area contributed by atoms with Crippen LogP contribution in [0.25, 0.3) is 0 Å². The minimum atomic E-state index is -0.968. The van der Waals surface area contributed by atoms with Gasteiger partial charge in [-0.25, -0.2) is 0 Å². The van der Waals surface area contributed by atoms with Gasteiger partial charge in [0.1, 0.15) is 11.9 Å². The summed E-state index contributed by atoms with van der Waals surface area (Å²) in [6, 6.07) is 3.87. The lowest BCUT2D eigenvalue weighted by atomic mass is 9.77. The first kappa shape index (κ1) is 14.4. The van der Waals surface area contributed by atoms with Crippen molar-refractivity contribution in [2.24, 2.45) is 0 Å². The van der Waals surface area contributed by atoms with Crippen molar-refractivity contribution in [3.63, 3.8) is 0 Å². The maximum atomic E-state index is 10.7. The lowest BCUT2D eigenvalue weighted by molar-refractivity contribution is -0.0994. The van der Waals surface area contributed by atoms with E-state index in [0.717, 1.165) is 41.7 Å². The first-order valence-electron chi connectivity index (χ1n) is 7.03. The van der Waals surface area contributed by atoms with Crippen molar-refractivity contribution < 1.29 is 14.9 Å². The Labute approximate surface area is 115 Å². The minimum absolute atomic E-state index is 0.679. The van der Waals surface area contributed by atoms with Crippen molar-refractivity contribution in [3.05, 3.63) is 28.8 Å². The number of hydrogen-bond acceptors (Lipinski definition) is 3. The Bertz CT molecular complexity index is 448. The van der Waals surface area contributed by atoms with Crippen LogP contribution in [-0.4, -0.2) is 22.9 Å². The van der Waals surface area contributed by atoms with Gasteiger partial charge < -0.3 is 14.9 Å². The van der Waals surface area contributed by atoms with E-state index >= 15 is 0 Å². The quantitative estimate of drug-likeness (QED) is 0.882. The molecule has 1 aliphatic rings. The summed E-state index contributed by atoms with van der Waals surface area (Å²) in [5, 5.41) is 21.2. The van der Waals surface area contributed by atoms with Crippen LogP contribution in [0.2, 0.25) is 0 Å². The number of hydrogen-bond donors (Lipinski definition) is 2. The molecule has 0 saturated heterocycles. The van der Waals surface area contributed by atoms with E-state index in [0.29, 0.717) is 12.8 Å². The molecule has 1 aliphatic carbocycles. The fourth-order valence-electron chi connectivity index (χ4n) is 3.05. The first-order valence-corrected chi connectivity index (χ1v) is 7.03. The number of aliphatic hydroxyl groups is 2. The van der Waals surface area contributed by atoms with E-state index in [1.165, 1.54) is 0 Å². The van der Waals surface area contributed by atoms with Crippen LogP contribution in [0.1, 0.15) is 54.9 Å². The Morgan fingerprint density at radius 2 is 1.74 bits per heavy atom. The average molecular weight is 264 g/mol. The van der Waals surface area contributed by atoms with E-state index in [1.807, 2.05) is 26.0 Å². The number of aryl methyl sites for hydroxylation is 2. The van der Waals surface area contributed by atoms with Gasteiger partial charge in [0, 0.05) is 0 Å². The zero-order valence-corrected chi connectivity index (χ0v) is 12.1. The third-order valence-corrected chi connectivity index (χ3v) is 4.31. The highest BCUT2D eigenvalue weighted by Gasteiger charge is 2.38. The van der Waals surface area contributed by atoms with Crippen molar-refractivity contribution >= 4 is 0 Å². The van der Waals surface area contributed by atoms with Gasteiger partial charge >= 0.3 is 0 Å². The van der Waals surface area contributed by atoms with Gasteiger partial charge in [-0.2, -0.15) is 0 Å². The molecule has 1 aromatic carbocycles. The van der Waals surface area contributed by atoms with Crippen LogP contribution in [0.4, 0.5) is 0 Å². The Balaban J connectivity index is 2.33. The Kier molecular flexibility index (Phi) is 4.16. The highest BCUT2D eigenvalue weighted by Crippen LogP contribution is 2.40. The second kappa shape index (κ2) is 5.51. The molecule has 106 valence electrons.